The number of hydrogen-bond donors (Lipinski definition) is 1. The fraction of sp³-hybridized carbons (Fsp3) is 0.562. The van der Waals surface area contributed by atoms with Gasteiger partial charge in [-0.25, -0.2) is 5.43 Å². The van der Waals surface area contributed by atoms with Gasteiger partial charge in [-0.15, -0.1) is 0 Å². The zero-order valence-electron chi connectivity index (χ0n) is 15.0. The van der Waals surface area contributed by atoms with Crippen LogP contribution in [0.25, 0.3) is 0 Å². The Morgan fingerprint density at radius 1 is 1.14 bits per heavy atom. The summed E-state index contributed by atoms with van der Waals surface area (Å²) in [6, 6.07) is -2.86. The van der Waals surface area contributed by atoms with Crippen LogP contribution in [0.15, 0.2) is 17.2 Å². The molecule has 0 aromatic heterocycles. The van der Waals surface area contributed by atoms with E-state index in [0.29, 0.717) is 27.4 Å². The van der Waals surface area contributed by atoms with E-state index in [1.54, 1.807) is 6.92 Å². The van der Waals surface area contributed by atoms with Gasteiger partial charge in [0, 0.05) is 0 Å². The number of alkyl halides is 7. The Hall–Kier alpha value is -1.47. The van der Waals surface area contributed by atoms with Crippen LogP contribution in [0, 0.1) is 3.57 Å². The molecule has 0 saturated heterocycles. The number of ether oxygens (including phenoxy) is 2. The van der Waals surface area contributed by atoms with E-state index in [1.165, 1.54) is 12.1 Å². The molecule has 0 saturated carbocycles. The maximum Gasteiger partial charge on any atom is 0.462 e. The molecule has 0 fully saturated rings. The van der Waals surface area contributed by atoms with E-state index in [9.17, 15) is 30.7 Å². The van der Waals surface area contributed by atoms with Crippen LogP contribution in [-0.2, 0) is 0 Å². The molecule has 0 heterocycles. The van der Waals surface area contributed by atoms with Crippen molar-refractivity contribution in [1.29, 1.82) is 0 Å². The summed E-state index contributed by atoms with van der Waals surface area (Å²) in [6.07, 6.45) is -5.20. The van der Waals surface area contributed by atoms with Gasteiger partial charge in [-0.05, 0) is 60.6 Å². The summed E-state index contributed by atoms with van der Waals surface area (Å²) in [4.78, 5) is 0. The second kappa shape index (κ2) is 9.35. The molecule has 0 aliphatic rings. The number of rotatable bonds is 9. The molecule has 0 spiro atoms. The second-order valence-electron chi connectivity index (χ2n) is 5.62. The minimum Gasteiger partial charge on any atom is -0.490 e. The number of halogens is 8. The van der Waals surface area contributed by atoms with Gasteiger partial charge in [0.1, 0.15) is 0 Å². The highest BCUT2D eigenvalue weighted by Crippen LogP contribution is 2.45. The van der Waals surface area contributed by atoms with Gasteiger partial charge in [-0.2, -0.15) is 35.8 Å². The first kappa shape index (κ1) is 24.6. The molecule has 0 aliphatic carbocycles. The molecule has 0 aliphatic heterocycles. The summed E-state index contributed by atoms with van der Waals surface area (Å²) in [6.45, 7) is 5.68. The third-order valence-corrected chi connectivity index (χ3v) is 4.20. The van der Waals surface area contributed by atoms with E-state index in [-0.39, 0.29) is 24.0 Å². The lowest BCUT2D eigenvalue weighted by atomic mass is 10.2. The molecule has 1 aromatic carbocycles. The zero-order chi connectivity index (χ0) is 21.8. The van der Waals surface area contributed by atoms with Crippen LogP contribution in [0.1, 0.15) is 32.8 Å². The predicted octanol–water partition coefficient (Wildman–Crippen LogP) is 5.58. The SMILES string of the molecule is CCOc1cc(/C=N\NC(F)(F)C(F)(F)C(F)(F)F)cc(I)c1O[C@@H](C)CC. The Labute approximate surface area is 170 Å². The van der Waals surface area contributed by atoms with E-state index >= 15 is 0 Å². The van der Waals surface area contributed by atoms with Crippen LogP contribution in [-0.4, -0.2) is 37.1 Å². The second-order valence-corrected chi connectivity index (χ2v) is 6.78. The molecule has 0 radical (unpaired) electrons. The van der Waals surface area contributed by atoms with Crippen LogP contribution >= 0.6 is 22.6 Å². The van der Waals surface area contributed by atoms with Gasteiger partial charge in [0.25, 0.3) is 0 Å². The van der Waals surface area contributed by atoms with Crippen molar-refractivity contribution in [2.75, 3.05) is 6.61 Å². The standard InChI is InChI=1S/C16H18F7IN2O2/c1-4-9(3)28-13-11(24)6-10(7-12(13)27-5-2)8-25-26-16(22,23)14(17,18)15(19,20)21/h6-9,26H,4-5H2,1-3H3/b25-8-/t9-/m0/s1. The maximum atomic E-state index is 13.2. The van der Waals surface area contributed by atoms with Crippen molar-refractivity contribution in [3.8, 4) is 11.5 Å². The molecule has 0 unspecified atom stereocenters. The molecular weight excluding hydrogens is 512 g/mol. The fourth-order valence-corrected chi connectivity index (χ4v) is 2.51. The van der Waals surface area contributed by atoms with Crippen LogP contribution in [0.3, 0.4) is 0 Å². The summed E-state index contributed by atoms with van der Waals surface area (Å²) >= 11 is 1.89. The van der Waals surface area contributed by atoms with Crippen molar-refractivity contribution in [2.24, 2.45) is 5.10 Å². The Balaban J connectivity index is 3.09. The smallest absolute Gasteiger partial charge is 0.462 e. The van der Waals surface area contributed by atoms with E-state index < -0.39 is 18.1 Å². The quantitative estimate of drug-likeness (QED) is 0.149. The molecule has 1 N–H and O–H groups in total. The summed E-state index contributed by atoms with van der Waals surface area (Å²) < 4.78 is 100.0. The highest BCUT2D eigenvalue weighted by atomic mass is 127. The minimum absolute atomic E-state index is 0.128. The zero-order valence-corrected chi connectivity index (χ0v) is 17.2. The van der Waals surface area contributed by atoms with Crippen LogP contribution in [0.4, 0.5) is 30.7 Å². The number of nitrogens with zero attached hydrogens (tertiary/aromatic N) is 1. The van der Waals surface area contributed by atoms with Crippen LogP contribution in [0.2, 0.25) is 0 Å². The number of benzene rings is 1. The van der Waals surface area contributed by atoms with Crippen LogP contribution in [0.5, 0.6) is 11.5 Å². The number of nitrogens with one attached hydrogen (secondary N) is 1. The van der Waals surface area contributed by atoms with Gasteiger partial charge in [0.05, 0.1) is 22.5 Å². The molecule has 12 heteroatoms. The lowest BCUT2D eigenvalue weighted by molar-refractivity contribution is -0.361. The van der Waals surface area contributed by atoms with Crippen LogP contribution < -0.4 is 14.9 Å². The Morgan fingerprint density at radius 2 is 1.75 bits per heavy atom. The molecule has 0 bridgehead atoms. The molecule has 1 rings (SSSR count). The molecular formula is C16H18F7IN2O2. The normalized spacial score (nSPS) is 14.2. The molecule has 4 nitrogen and oxygen atoms in total. The lowest BCUT2D eigenvalue weighted by Gasteiger charge is -2.27. The van der Waals surface area contributed by atoms with E-state index in [0.717, 1.165) is 0 Å². The highest BCUT2D eigenvalue weighted by Gasteiger charge is 2.73. The largest absolute Gasteiger partial charge is 0.490 e. The number of hydrazone groups is 1. The van der Waals surface area contributed by atoms with E-state index in [4.69, 9.17) is 9.47 Å². The summed E-state index contributed by atoms with van der Waals surface area (Å²) in [5.41, 5.74) is 0.701. The third kappa shape index (κ3) is 5.77. The van der Waals surface area contributed by atoms with E-state index in [1.807, 2.05) is 36.4 Å². The topological polar surface area (TPSA) is 42.8 Å². The lowest BCUT2D eigenvalue weighted by Crippen LogP contribution is -2.58. The summed E-state index contributed by atoms with van der Waals surface area (Å²) in [5.74, 6) is -5.64. The van der Waals surface area contributed by atoms with Gasteiger partial charge in [0.15, 0.2) is 11.5 Å². The number of hydrogen-bond acceptors (Lipinski definition) is 4. The van der Waals surface area contributed by atoms with Gasteiger partial charge < -0.3 is 9.47 Å². The molecule has 0 amide bonds. The predicted molar refractivity (Wildman–Crippen MR) is 97.4 cm³/mol. The van der Waals surface area contributed by atoms with Crippen molar-refractivity contribution in [2.45, 2.75) is 51.4 Å². The van der Waals surface area contributed by atoms with Crippen molar-refractivity contribution < 1.29 is 40.2 Å². The average Bonchev–Trinajstić information content (AvgIpc) is 2.56. The molecule has 1 atom stereocenters. The Bertz CT molecular complexity index is 696. The molecule has 1 aromatic rings. The van der Waals surface area contributed by atoms with Gasteiger partial charge >= 0.3 is 18.1 Å². The van der Waals surface area contributed by atoms with Crippen molar-refractivity contribution >= 4 is 28.8 Å². The van der Waals surface area contributed by atoms with Crippen molar-refractivity contribution in [3.63, 3.8) is 0 Å². The molecule has 28 heavy (non-hydrogen) atoms. The average molecular weight is 530 g/mol. The summed E-state index contributed by atoms with van der Waals surface area (Å²) in [5, 5.41) is 2.84. The Morgan fingerprint density at radius 3 is 2.25 bits per heavy atom. The third-order valence-electron chi connectivity index (χ3n) is 3.39. The molecule has 160 valence electrons. The van der Waals surface area contributed by atoms with E-state index in [2.05, 4.69) is 5.10 Å². The Kier molecular flexibility index (Phi) is 8.21. The minimum atomic E-state index is -6.44. The first-order valence-corrected chi connectivity index (χ1v) is 9.10. The fourth-order valence-electron chi connectivity index (χ4n) is 1.76. The van der Waals surface area contributed by atoms with Gasteiger partial charge in [-0.3, -0.25) is 0 Å². The summed E-state index contributed by atoms with van der Waals surface area (Å²) in [7, 11) is 0. The first-order valence-electron chi connectivity index (χ1n) is 8.02. The highest BCUT2D eigenvalue weighted by molar-refractivity contribution is 14.1. The monoisotopic (exact) mass is 530 g/mol. The maximum absolute atomic E-state index is 13.2. The van der Waals surface area contributed by atoms with Crippen molar-refractivity contribution in [3.05, 3.63) is 21.3 Å². The van der Waals surface area contributed by atoms with Crippen molar-refractivity contribution in [1.82, 2.24) is 5.43 Å². The van der Waals surface area contributed by atoms with Gasteiger partial charge in [-0.1, -0.05) is 6.92 Å². The van der Waals surface area contributed by atoms with Gasteiger partial charge in [0.2, 0.25) is 0 Å². The first-order chi connectivity index (χ1) is 12.8.